The molecule has 2 aliphatic heterocycles. The van der Waals surface area contributed by atoms with E-state index in [4.69, 9.17) is 5.53 Å². The molecule has 1 aromatic rings. The maximum absolute atomic E-state index is 12.8. The highest BCUT2D eigenvalue weighted by Gasteiger charge is 2.40. The lowest BCUT2D eigenvalue weighted by molar-refractivity contribution is -0.136. The van der Waals surface area contributed by atoms with Crippen molar-refractivity contribution in [2.45, 2.75) is 56.0 Å². The Balaban J connectivity index is 1.62. The Hall–Kier alpha value is -2.71. The quantitative estimate of drug-likeness (QED) is 0.217. The summed E-state index contributed by atoms with van der Waals surface area (Å²) in [7, 11) is -1.24. The number of nitrogens with zero attached hydrogens (tertiary/aromatic N) is 4. The van der Waals surface area contributed by atoms with Gasteiger partial charge in [-0.15, -0.1) is 0 Å². The van der Waals surface area contributed by atoms with Crippen LogP contribution in [0.2, 0.25) is 0 Å². The van der Waals surface area contributed by atoms with Gasteiger partial charge in [0.15, 0.2) is 0 Å². The normalized spacial score (nSPS) is 19.5. The van der Waals surface area contributed by atoms with Gasteiger partial charge in [0.05, 0.1) is 10.8 Å². The van der Waals surface area contributed by atoms with Crippen molar-refractivity contribution in [1.29, 1.82) is 0 Å². The van der Waals surface area contributed by atoms with Crippen molar-refractivity contribution in [1.82, 2.24) is 10.2 Å². The van der Waals surface area contributed by atoms with E-state index in [1.54, 1.807) is 18.2 Å². The third-order valence-corrected chi connectivity index (χ3v) is 6.72. The minimum atomic E-state index is -1.24. The summed E-state index contributed by atoms with van der Waals surface area (Å²) in [6.07, 6.45) is 3.89. The molecule has 3 rings (SSSR count). The zero-order valence-corrected chi connectivity index (χ0v) is 16.8. The number of amides is 3. The van der Waals surface area contributed by atoms with Crippen molar-refractivity contribution in [3.05, 3.63) is 39.8 Å². The smallest absolute Gasteiger partial charge is 0.255 e. The van der Waals surface area contributed by atoms with E-state index in [1.165, 1.54) is 4.90 Å². The predicted molar refractivity (Wildman–Crippen MR) is 106 cm³/mol. The summed E-state index contributed by atoms with van der Waals surface area (Å²) >= 11 is 0. The Morgan fingerprint density at radius 3 is 2.76 bits per heavy atom. The molecule has 0 aliphatic carbocycles. The van der Waals surface area contributed by atoms with Crippen molar-refractivity contribution >= 4 is 28.5 Å². The first-order valence-corrected chi connectivity index (χ1v) is 11.0. The van der Waals surface area contributed by atoms with Crippen LogP contribution in [0.1, 0.15) is 54.4 Å². The molecular weight excluding hydrogens is 394 g/mol. The van der Waals surface area contributed by atoms with Gasteiger partial charge in [-0.05, 0) is 36.9 Å². The highest BCUT2D eigenvalue weighted by atomic mass is 32.2. The molecule has 9 nitrogen and oxygen atoms in total. The molecule has 3 amide bonds. The van der Waals surface area contributed by atoms with Crippen LogP contribution in [0.5, 0.6) is 0 Å². The van der Waals surface area contributed by atoms with Gasteiger partial charge >= 0.3 is 0 Å². The van der Waals surface area contributed by atoms with Gasteiger partial charge in [-0.2, -0.15) is 0 Å². The number of rotatable bonds is 9. The van der Waals surface area contributed by atoms with E-state index in [1.807, 2.05) is 0 Å². The minimum absolute atomic E-state index is 0.203. The SMILES string of the molecule is [N-]=[N+]=NCCCCCCS(=O)c1cccc2c1CN(C1CCC(=O)NC1=O)C2=O. The molecule has 2 unspecified atom stereocenters. The molecular formula is C19H23N5O4S. The van der Waals surface area contributed by atoms with Crippen LogP contribution in [0, 0.1) is 0 Å². The molecule has 1 saturated heterocycles. The number of piperidine rings is 1. The van der Waals surface area contributed by atoms with Crippen LogP contribution in [0.3, 0.4) is 0 Å². The predicted octanol–water partition coefficient (Wildman–Crippen LogP) is 2.43. The summed E-state index contributed by atoms with van der Waals surface area (Å²) in [6.45, 7) is 0.707. The Morgan fingerprint density at radius 1 is 1.21 bits per heavy atom. The molecule has 0 aromatic heterocycles. The van der Waals surface area contributed by atoms with E-state index in [0.29, 0.717) is 34.7 Å². The summed E-state index contributed by atoms with van der Waals surface area (Å²) in [4.78, 5) is 41.2. The summed E-state index contributed by atoms with van der Waals surface area (Å²) in [5, 5.41) is 5.78. The van der Waals surface area contributed by atoms with Crippen LogP contribution in [0.25, 0.3) is 10.4 Å². The van der Waals surface area contributed by atoms with E-state index in [0.717, 1.165) is 25.7 Å². The monoisotopic (exact) mass is 417 g/mol. The average Bonchev–Trinajstić information content (AvgIpc) is 3.04. The molecule has 0 saturated carbocycles. The summed E-state index contributed by atoms with van der Waals surface area (Å²) in [5.41, 5.74) is 9.44. The lowest BCUT2D eigenvalue weighted by Gasteiger charge is -2.29. The highest BCUT2D eigenvalue weighted by molar-refractivity contribution is 7.85. The number of benzene rings is 1. The lowest BCUT2D eigenvalue weighted by atomic mass is 10.0. The second-order valence-electron chi connectivity index (χ2n) is 7.10. The van der Waals surface area contributed by atoms with E-state index in [9.17, 15) is 18.6 Å². The second-order valence-corrected chi connectivity index (χ2v) is 8.64. The van der Waals surface area contributed by atoms with Crippen molar-refractivity contribution < 1.29 is 18.6 Å². The molecule has 0 radical (unpaired) electrons. The molecule has 29 heavy (non-hydrogen) atoms. The van der Waals surface area contributed by atoms with Crippen LogP contribution in [0.4, 0.5) is 0 Å². The van der Waals surface area contributed by atoms with E-state index in [-0.39, 0.29) is 24.8 Å². The summed E-state index contributed by atoms with van der Waals surface area (Å²) in [5.74, 6) is -0.543. The second kappa shape index (κ2) is 9.67. The Morgan fingerprint density at radius 2 is 2.00 bits per heavy atom. The molecule has 1 fully saturated rings. The number of unbranched alkanes of at least 4 members (excludes halogenated alkanes) is 3. The van der Waals surface area contributed by atoms with Gasteiger partial charge in [-0.1, -0.05) is 24.0 Å². The van der Waals surface area contributed by atoms with Crippen molar-refractivity contribution in [3.63, 3.8) is 0 Å². The Labute approximate surface area is 170 Å². The third-order valence-electron chi connectivity index (χ3n) is 5.19. The Kier molecular flexibility index (Phi) is 7.00. The van der Waals surface area contributed by atoms with E-state index < -0.39 is 22.7 Å². The summed E-state index contributed by atoms with van der Waals surface area (Å²) < 4.78 is 12.8. The number of carbonyl (C=O) groups is 3. The maximum atomic E-state index is 12.8. The van der Waals surface area contributed by atoms with Crippen LogP contribution in [-0.2, 0) is 26.9 Å². The van der Waals surface area contributed by atoms with Gasteiger partial charge in [-0.3, -0.25) is 23.9 Å². The first kappa shape index (κ1) is 21.0. The molecule has 0 bridgehead atoms. The lowest BCUT2D eigenvalue weighted by Crippen LogP contribution is -2.52. The van der Waals surface area contributed by atoms with E-state index >= 15 is 0 Å². The zero-order valence-electron chi connectivity index (χ0n) is 16.0. The molecule has 0 spiro atoms. The number of azide groups is 1. The van der Waals surface area contributed by atoms with Crippen LogP contribution in [0.15, 0.2) is 28.2 Å². The molecule has 2 heterocycles. The fourth-order valence-electron chi connectivity index (χ4n) is 3.69. The highest BCUT2D eigenvalue weighted by Crippen LogP contribution is 2.31. The van der Waals surface area contributed by atoms with Gasteiger partial charge in [0.1, 0.15) is 6.04 Å². The maximum Gasteiger partial charge on any atom is 0.255 e. The molecule has 2 atom stereocenters. The van der Waals surface area contributed by atoms with Gasteiger partial charge < -0.3 is 4.90 Å². The largest absolute Gasteiger partial charge is 0.322 e. The minimum Gasteiger partial charge on any atom is -0.322 e. The van der Waals surface area contributed by atoms with Gasteiger partial charge in [0, 0.05) is 46.2 Å². The summed E-state index contributed by atoms with van der Waals surface area (Å²) in [6, 6.07) is 4.51. The first-order chi connectivity index (χ1) is 14.0. The van der Waals surface area contributed by atoms with Crippen molar-refractivity contribution in [2.24, 2.45) is 5.11 Å². The number of carbonyl (C=O) groups excluding carboxylic acids is 3. The van der Waals surface area contributed by atoms with Crippen LogP contribution in [-0.4, -0.2) is 45.2 Å². The third kappa shape index (κ3) is 4.83. The fourth-order valence-corrected chi connectivity index (χ4v) is 5.06. The van der Waals surface area contributed by atoms with Crippen molar-refractivity contribution in [2.75, 3.05) is 12.3 Å². The van der Waals surface area contributed by atoms with Gasteiger partial charge in [0.2, 0.25) is 11.8 Å². The zero-order chi connectivity index (χ0) is 20.8. The Bertz CT molecular complexity index is 897. The fraction of sp³-hybridized carbons (Fsp3) is 0.526. The number of hydrogen-bond acceptors (Lipinski definition) is 5. The molecule has 10 heteroatoms. The van der Waals surface area contributed by atoms with Crippen molar-refractivity contribution in [3.8, 4) is 0 Å². The van der Waals surface area contributed by atoms with Crippen LogP contribution >= 0.6 is 0 Å². The molecule has 2 aliphatic rings. The molecule has 1 aromatic carbocycles. The number of nitrogens with one attached hydrogen (secondary N) is 1. The van der Waals surface area contributed by atoms with E-state index in [2.05, 4.69) is 15.3 Å². The number of hydrogen-bond donors (Lipinski definition) is 1. The number of imide groups is 1. The molecule has 154 valence electrons. The topological polar surface area (TPSA) is 132 Å². The van der Waals surface area contributed by atoms with Gasteiger partial charge in [0.25, 0.3) is 5.91 Å². The van der Waals surface area contributed by atoms with Gasteiger partial charge in [-0.25, -0.2) is 0 Å². The number of fused-ring (bicyclic) bond motifs is 1. The van der Waals surface area contributed by atoms with Crippen LogP contribution < -0.4 is 5.32 Å². The molecule has 1 N–H and O–H groups in total. The average molecular weight is 417 g/mol. The standard InChI is InChI=1S/C19H23N5O4S/c20-23-21-10-3-1-2-4-11-29(28)16-7-5-6-13-14(16)12-24(19(13)27)15-8-9-17(25)22-18(15)26/h5-7,15H,1-4,8-12H2,(H,22,25,26). The first-order valence-electron chi connectivity index (χ1n) is 9.68.